The number of hydrogen-bond donors (Lipinski definition) is 0. The second-order valence-corrected chi connectivity index (χ2v) is 8.38. The summed E-state index contributed by atoms with van der Waals surface area (Å²) in [7, 11) is 0. The van der Waals surface area contributed by atoms with Crippen LogP contribution in [0.15, 0.2) is 24.4 Å². The van der Waals surface area contributed by atoms with Crippen LogP contribution < -0.4 is 4.90 Å². The molecule has 0 radical (unpaired) electrons. The minimum atomic E-state index is 0.178. The second kappa shape index (κ2) is 6.43. The molecule has 144 valence electrons. The topological polar surface area (TPSA) is 50.5 Å². The number of benzene rings is 1. The summed E-state index contributed by atoms with van der Waals surface area (Å²) in [5, 5.41) is 4.50. The van der Waals surface area contributed by atoms with Crippen LogP contribution in [-0.4, -0.2) is 26.9 Å². The first kappa shape index (κ1) is 17.4. The fourth-order valence-electron chi connectivity index (χ4n) is 4.27. The monoisotopic (exact) mass is 374 g/mol. The molecule has 0 spiro atoms. The van der Waals surface area contributed by atoms with Crippen LogP contribution in [-0.2, 0) is 13.0 Å². The van der Waals surface area contributed by atoms with Crippen molar-refractivity contribution in [3.05, 3.63) is 57.9 Å². The lowest BCUT2D eigenvalue weighted by Crippen LogP contribution is -2.31. The maximum atomic E-state index is 12.7. The third-order valence-electron chi connectivity index (χ3n) is 6.29. The Morgan fingerprint density at radius 1 is 1.18 bits per heavy atom. The highest BCUT2D eigenvalue weighted by Gasteiger charge is 2.33. The van der Waals surface area contributed by atoms with Gasteiger partial charge in [-0.1, -0.05) is 18.2 Å². The molecule has 0 atom stereocenters. The van der Waals surface area contributed by atoms with Gasteiger partial charge in [-0.3, -0.25) is 4.79 Å². The molecular weight excluding hydrogens is 348 g/mol. The van der Waals surface area contributed by atoms with Crippen LogP contribution in [0.5, 0.6) is 0 Å². The standard InChI is InChI=1S/C23H26N4O/c1-14-6-7-17(11-15(14)2)13-26-10-4-5-19-16(3)27-23(25-22(19)26)20(12-24-27)21(28)18-8-9-18/h6-7,11-12,18H,4-5,8-10,13H2,1-3H3. The lowest BCUT2D eigenvalue weighted by molar-refractivity contribution is 0.0969. The number of fused-ring (bicyclic) bond motifs is 2. The third-order valence-corrected chi connectivity index (χ3v) is 6.29. The number of anilines is 1. The molecular formula is C23H26N4O. The molecule has 0 N–H and O–H groups in total. The minimum Gasteiger partial charge on any atom is -0.352 e. The summed E-state index contributed by atoms with van der Waals surface area (Å²) in [6.07, 6.45) is 5.84. The summed E-state index contributed by atoms with van der Waals surface area (Å²) in [4.78, 5) is 20.1. The maximum absolute atomic E-state index is 12.7. The van der Waals surface area contributed by atoms with E-state index < -0.39 is 0 Å². The molecule has 0 unspecified atom stereocenters. The minimum absolute atomic E-state index is 0.178. The van der Waals surface area contributed by atoms with Crippen molar-refractivity contribution in [2.75, 3.05) is 11.4 Å². The van der Waals surface area contributed by atoms with E-state index in [2.05, 4.69) is 49.0 Å². The molecule has 0 bridgehead atoms. The average Bonchev–Trinajstić information content (AvgIpc) is 3.45. The smallest absolute Gasteiger partial charge is 0.171 e. The Morgan fingerprint density at radius 2 is 2.00 bits per heavy atom. The van der Waals surface area contributed by atoms with Gasteiger partial charge >= 0.3 is 0 Å². The average molecular weight is 374 g/mol. The zero-order chi connectivity index (χ0) is 19.4. The van der Waals surface area contributed by atoms with Gasteiger partial charge in [0.2, 0.25) is 0 Å². The molecule has 1 aliphatic heterocycles. The quantitative estimate of drug-likeness (QED) is 0.642. The van der Waals surface area contributed by atoms with E-state index in [1.54, 1.807) is 6.20 Å². The van der Waals surface area contributed by atoms with Crippen LogP contribution in [0.4, 0.5) is 5.82 Å². The number of carbonyl (C=O) groups excluding carboxylic acids is 1. The van der Waals surface area contributed by atoms with E-state index in [1.165, 1.54) is 22.3 Å². The van der Waals surface area contributed by atoms with Crippen LogP contribution in [0.1, 0.15) is 57.6 Å². The van der Waals surface area contributed by atoms with Gasteiger partial charge in [-0.25, -0.2) is 9.50 Å². The molecule has 3 aromatic rings. The molecule has 1 aromatic carbocycles. The Balaban J connectivity index is 1.57. The van der Waals surface area contributed by atoms with Crippen LogP contribution in [0.25, 0.3) is 5.65 Å². The van der Waals surface area contributed by atoms with E-state index >= 15 is 0 Å². The van der Waals surface area contributed by atoms with Crippen molar-refractivity contribution in [2.24, 2.45) is 5.92 Å². The predicted molar refractivity (Wildman–Crippen MR) is 110 cm³/mol. The summed E-state index contributed by atoms with van der Waals surface area (Å²) in [6.45, 7) is 8.25. The fraction of sp³-hybridized carbons (Fsp3) is 0.435. The van der Waals surface area contributed by atoms with Crippen molar-refractivity contribution in [1.29, 1.82) is 0 Å². The first-order chi connectivity index (χ1) is 13.5. The number of nitrogens with zero attached hydrogens (tertiary/aromatic N) is 4. The number of rotatable bonds is 4. The van der Waals surface area contributed by atoms with E-state index in [0.29, 0.717) is 5.56 Å². The molecule has 1 saturated carbocycles. The highest BCUT2D eigenvalue weighted by Crippen LogP contribution is 2.35. The summed E-state index contributed by atoms with van der Waals surface area (Å²) in [5.74, 6) is 1.41. The SMILES string of the molecule is Cc1ccc(CN2CCCc3c2nc2c(C(=O)C4CC4)cnn2c3C)cc1C. The van der Waals surface area contributed by atoms with E-state index in [4.69, 9.17) is 4.98 Å². The molecule has 2 aromatic heterocycles. The number of ketones is 1. The number of hydrogen-bond acceptors (Lipinski definition) is 4. The van der Waals surface area contributed by atoms with Crippen molar-refractivity contribution in [2.45, 2.75) is 53.0 Å². The zero-order valence-electron chi connectivity index (χ0n) is 16.8. The van der Waals surface area contributed by atoms with Gasteiger partial charge in [-0.15, -0.1) is 0 Å². The van der Waals surface area contributed by atoms with E-state index in [9.17, 15) is 4.79 Å². The Kier molecular flexibility index (Phi) is 4.00. The number of aromatic nitrogens is 3. The zero-order valence-corrected chi connectivity index (χ0v) is 16.8. The predicted octanol–water partition coefficient (Wildman–Crippen LogP) is 4.20. The molecule has 0 saturated heterocycles. The van der Waals surface area contributed by atoms with Gasteiger partial charge in [0.05, 0.1) is 11.8 Å². The Hall–Kier alpha value is -2.69. The van der Waals surface area contributed by atoms with E-state index in [1.807, 2.05) is 4.52 Å². The molecule has 1 fully saturated rings. The Morgan fingerprint density at radius 3 is 2.75 bits per heavy atom. The first-order valence-corrected chi connectivity index (χ1v) is 10.3. The van der Waals surface area contributed by atoms with E-state index in [0.717, 1.165) is 55.9 Å². The van der Waals surface area contributed by atoms with Crippen LogP contribution in [0.2, 0.25) is 0 Å². The van der Waals surface area contributed by atoms with Gasteiger partial charge in [0.1, 0.15) is 5.82 Å². The molecule has 0 amide bonds. The highest BCUT2D eigenvalue weighted by molar-refractivity contribution is 6.04. The molecule has 28 heavy (non-hydrogen) atoms. The third kappa shape index (κ3) is 2.81. The second-order valence-electron chi connectivity index (χ2n) is 8.38. The summed E-state index contributed by atoms with van der Waals surface area (Å²) >= 11 is 0. The van der Waals surface area contributed by atoms with E-state index in [-0.39, 0.29) is 11.7 Å². The van der Waals surface area contributed by atoms with Gasteiger partial charge < -0.3 is 4.90 Å². The Labute approximate surface area is 165 Å². The summed E-state index contributed by atoms with van der Waals surface area (Å²) in [5.41, 5.74) is 7.72. The van der Waals surface area contributed by atoms with Gasteiger partial charge in [-0.05, 0) is 63.1 Å². The Bertz CT molecular complexity index is 1090. The van der Waals surface area contributed by atoms with Gasteiger partial charge in [0, 0.05) is 30.3 Å². The molecule has 1 aliphatic carbocycles. The first-order valence-electron chi connectivity index (χ1n) is 10.3. The number of Topliss-reactive ketones (excluding diaryl/α,β-unsaturated/α-hetero) is 1. The van der Waals surface area contributed by atoms with Crippen LogP contribution in [0, 0.1) is 26.7 Å². The van der Waals surface area contributed by atoms with Gasteiger partial charge in [-0.2, -0.15) is 5.10 Å². The molecule has 5 heteroatoms. The van der Waals surface area contributed by atoms with Crippen molar-refractivity contribution in [3.8, 4) is 0 Å². The van der Waals surface area contributed by atoms with Crippen molar-refractivity contribution in [1.82, 2.24) is 14.6 Å². The van der Waals surface area contributed by atoms with Gasteiger partial charge in [0.25, 0.3) is 0 Å². The lowest BCUT2D eigenvalue weighted by atomic mass is 10.0. The van der Waals surface area contributed by atoms with Crippen molar-refractivity contribution < 1.29 is 4.79 Å². The largest absolute Gasteiger partial charge is 0.352 e. The van der Waals surface area contributed by atoms with Crippen molar-refractivity contribution in [3.63, 3.8) is 0 Å². The highest BCUT2D eigenvalue weighted by atomic mass is 16.1. The molecule has 5 rings (SSSR count). The molecule has 3 heterocycles. The number of carbonyl (C=O) groups is 1. The van der Waals surface area contributed by atoms with Gasteiger partial charge in [0.15, 0.2) is 11.4 Å². The number of aryl methyl sites for hydroxylation is 3. The lowest BCUT2D eigenvalue weighted by Gasteiger charge is -2.31. The van der Waals surface area contributed by atoms with Crippen LogP contribution >= 0.6 is 0 Å². The fourth-order valence-corrected chi connectivity index (χ4v) is 4.27. The van der Waals surface area contributed by atoms with Crippen molar-refractivity contribution >= 4 is 17.2 Å². The molecule has 2 aliphatic rings. The maximum Gasteiger partial charge on any atom is 0.171 e. The summed E-state index contributed by atoms with van der Waals surface area (Å²) in [6, 6.07) is 6.68. The summed E-state index contributed by atoms with van der Waals surface area (Å²) < 4.78 is 1.87. The molecule has 5 nitrogen and oxygen atoms in total. The van der Waals surface area contributed by atoms with Crippen LogP contribution in [0.3, 0.4) is 0 Å². The normalized spacial score (nSPS) is 16.5.